The molecule has 5 nitrogen and oxygen atoms in total. The molecule has 1 aliphatic rings. The molecular weight excluding hydrogens is 256 g/mol. The van der Waals surface area contributed by atoms with E-state index in [0.29, 0.717) is 18.2 Å². The summed E-state index contributed by atoms with van der Waals surface area (Å²) in [6, 6.07) is 5.93. The molecule has 108 valence electrons. The van der Waals surface area contributed by atoms with Crippen LogP contribution >= 0.6 is 0 Å². The zero-order chi connectivity index (χ0) is 14.5. The van der Waals surface area contributed by atoms with Crippen LogP contribution in [-0.2, 0) is 0 Å². The lowest BCUT2D eigenvalue weighted by Gasteiger charge is -2.12. The van der Waals surface area contributed by atoms with Crippen LogP contribution in [0.1, 0.15) is 36.5 Å². The van der Waals surface area contributed by atoms with E-state index in [1.54, 1.807) is 12.1 Å². The fourth-order valence-corrected chi connectivity index (χ4v) is 2.65. The van der Waals surface area contributed by atoms with Crippen LogP contribution < -0.4 is 10.6 Å². The molecule has 3 N–H and O–H groups in total. The van der Waals surface area contributed by atoms with Gasteiger partial charge in [-0.15, -0.1) is 0 Å². The molecule has 20 heavy (non-hydrogen) atoms. The number of benzene rings is 1. The Balaban J connectivity index is 1.82. The van der Waals surface area contributed by atoms with Crippen molar-refractivity contribution >= 4 is 17.7 Å². The largest absolute Gasteiger partial charge is 0.478 e. The zero-order valence-electron chi connectivity index (χ0n) is 11.6. The molecule has 0 radical (unpaired) electrons. The summed E-state index contributed by atoms with van der Waals surface area (Å²) in [6.07, 6.45) is 3.55. The second-order valence-electron chi connectivity index (χ2n) is 5.51. The Morgan fingerprint density at radius 3 is 2.80 bits per heavy atom. The van der Waals surface area contributed by atoms with Gasteiger partial charge in [-0.2, -0.15) is 0 Å². The quantitative estimate of drug-likeness (QED) is 0.791. The number of urea groups is 1. The van der Waals surface area contributed by atoms with E-state index >= 15 is 0 Å². The van der Waals surface area contributed by atoms with Crippen molar-refractivity contribution in [3.8, 4) is 0 Å². The third-order valence-electron chi connectivity index (χ3n) is 3.72. The summed E-state index contributed by atoms with van der Waals surface area (Å²) in [5, 5.41) is 14.4. The topological polar surface area (TPSA) is 78.4 Å². The Kier molecular flexibility index (Phi) is 4.61. The van der Waals surface area contributed by atoms with E-state index in [0.717, 1.165) is 18.8 Å². The lowest BCUT2D eigenvalue weighted by molar-refractivity contribution is 0.0697. The standard InChI is InChI=1S/C15H20N2O3/c1-10-5-6-11(7-10)9-16-15(20)17-13-4-2-3-12(8-13)14(18)19/h2-4,8,10-11H,5-7,9H2,1H3,(H,18,19)(H2,16,17,20). The second-order valence-corrected chi connectivity index (χ2v) is 5.51. The molecule has 1 aliphatic carbocycles. The molecule has 0 heterocycles. The van der Waals surface area contributed by atoms with Gasteiger partial charge in [-0.1, -0.05) is 19.4 Å². The maximum absolute atomic E-state index is 11.8. The highest BCUT2D eigenvalue weighted by Gasteiger charge is 2.21. The van der Waals surface area contributed by atoms with Gasteiger partial charge in [-0.25, -0.2) is 9.59 Å². The lowest BCUT2D eigenvalue weighted by atomic mass is 10.1. The summed E-state index contributed by atoms with van der Waals surface area (Å²) in [5.41, 5.74) is 0.648. The molecule has 1 aromatic rings. The first kappa shape index (κ1) is 14.4. The van der Waals surface area contributed by atoms with Crippen molar-refractivity contribution in [2.24, 2.45) is 11.8 Å². The van der Waals surface area contributed by atoms with Gasteiger partial charge >= 0.3 is 12.0 Å². The molecule has 1 aromatic carbocycles. The smallest absolute Gasteiger partial charge is 0.335 e. The SMILES string of the molecule is CC1CCC(CNC(=O)Nc2cccc(C(=O)O)c2)C1. The highest BCUT2D eigenvalue weighted by Crippen LogP contribution is 2.29. The van der Waals surface area contributed by atoms with Gasteiger partial charge in [0.1, 0.15) is 0 Å². The van der Waals surface area contributed by atoms with Crippen molar-refractivity contribution in [1.82, 2.24) is 5.32 Å². The van der Waals surface area contributed by atoms with E-state index in [2.05, 4.69) is 17.6 Å². The van der Waals surface area contributed by atoms with Gasteiger partial charge in [0.15, 0.2) is 0 Å². The minimum atomic E-state index is -1.01. The highest BCUT2D eigenvalue weighted by atomic mass is 16.4. The van der Waals surface area contributed by atoms with Gasteiger partial charge in [0.2, 0.25) is 0 Å². The summed E-state index contributed by atoms with van der Waals surface area (Å²) in [5.74, 6) is 0.298. The predicted octanol–water partition coefficient (Wildman–Crippen LogP) is 2.94. The Bertz CT molecular complexity index is 502. The normalized spacial score (nSPS) is 21.4. The van der Waals surface area contributed by atoms with E-state index in [-0.39, 0.29) is 11.6 Å². The van der Waals surface area contributed by atoms with Crippen LogP contribution in [0.25, 0.3) is 0 Å². The van der Waals surface area contributed by atoms with Gasteiger partial charge in [-0.05, 0) is 42.9 Å². The van der Waals surface area contributed by atoms with Crippen molar-refractivity contribution in [3.63, 3.8) is 0 Å². The fraction of sp³-hybridized carbons (Fsp3) is 0.467. The van der Waals surface area contributed by atoms with Crippen molar-refractivity contribution < 1.29 is 14.7 Å². The third kappa shape index (κ3) is 3.98. The number of amides is 2. The molecule has 0 bridgehead atoms. The van der Waals surface area contributed by atoms with E-state index in [9.17, 15) is 9.59 Å². The average molecular weight is 276 g/mol. The molecule has 0 aliphatic heterocycles. The van der Waals surface area contributed by atoms with Crippen molar-refractivity contribution in [1.29, 1.82) is 0 Å². The van der Waals surface area contributed by atoms with E-state index < -0.39 is 5.97 Å². The first-order valence-electron chi connectivity index (χ1n) is 6.93. The van der Waals surface area contributed by atoms with Crippen LogP contribution in [0.5, 0.6) is 0 Å². The molecule has 0 saturated heterocycles. The van der Waals surface area contributed by atoms with E-state index in [4.69, 9.17) is 5.11 Å². The summed E-state index contributed by atoms with van der Waals surface area (Å²) >= 11 is 0. The van der Waals surface area contributed by atoms with E-state index in [1.165, 1.54) is 18.6 Å². The minimum Gasteiger partial charge on any atom is -0.478 e. The van der Waals surface area contributed by atoms with Crippen LogP contribution in [0.2, 0.25) is 0 Å². The number of aromatic carboxylic acids is 1. The van der Waals surface area contributed by atoms with Crippen LogP contribution in [0.3, 0.4) is 0 Å². The average Bonchev–Trinajstić information content (AvgIpc) is 2.82. The molecule has 5 heteroatoms. The van der Waals surface area contributed by atoms with Gasteiger partial charge in [0.05, 0.1) is 5.56 Å². The molecule has 2 amide bonds. The van der Waals surface area contributed by atoms with Crippen molar-refractivity contribution in [2.75, 3.05) is 11.9 Å². The highest BCUT2D eigenvalue weighted by molar-refractivity contribution is 5.93. The third-order valence-corrected chi connectivity index (χ3v) is 3.72. The Morgan fingerprint density at radius 2 is 2.15 bits per heavy atom. The number of hydrogen-bond donors (Lipinski definition) is 3. The van der Waals surface area contributed by atoms with E-state index in [1.807, 2.05) is 0 Å². The molecule has 2 atom stereocenters. The maximum atomic E-state index is 11.8. The van der Waals surface area contributed by atoms with Gasteiger partial charge in [-0.3, -0.25) is 0 Å². The number of anilines is 1. The molecule has 2 rings (SSSR count). The van der Waals surface area contributed by atoms with Crippen molar-refractivity contribution in [3.05, 3.63) is 29.8 Å². The molecule has 1 fully saturated rings. The molecule has 0 aromatic heterocycles. The minimum absolute atomic E-state index is 0.160. The maximum Gasteiger partial charge on any atom is 0.335 e. The number of hydrogen-bond acceptors (Lipinski definition) is 2. The fourth-order valence-electron chi connectivity index (χ4n) is 2.65. The van der Waals surface area contributed by atoms with Gasteiger partial charge < -0.3 is 15.7 Å². The summed E-state index contributed by atoms with van der Waals surface area (Å²) in [7, 11) is 0. The second kappa shape index (κ2) is 6.41. The lowest BCUT2D eigenvalue weighted by Crippen LogP contribution is -2.32. The Morgan fingerprint density at radius 1 is 1.35 bits per heavy atom. The number of carboxylic acid groups (broad SMARTS) is 1. The number of carboxylic acids is 1. The number of nitrogens with one attached hydrogen (secondary N) is 2. The van der Waals surface area contributed by atoms with Crippen LogP contribution in [0.4, 0.5) is 10.5 Å². The summed E-state index contributed by atoms with van der Waals surface area (Å²) in [6.45, 7) is 2.91. The first-order valence-corrected chi connectivity index (χ1v) is 6.93. The summed E-state index contributed by atoms with van der Waals surface area (Å²) < 4.78 is 0. The van der Waals surface area contributed by atoms with Gasteiger partial charge in [0, 0.05) is 12.2 Å². The first-order chi connectivity index (χ1) is 9.54. The van der Waals surface area contributed by atoms with Crippen molar-refractivity contribution in [2.45, 2.75) is 26.2 Å². The molecular formula is C15H20N2O3. The van der Waals surface area contributed by atoms with Crippen LogP contribution in [0.15, 0.2) is 24.3 Å². The zero-order valence-corrected chi connectivity index (χ0v) is 11.6. The monoisotopic (exact) mass is 276 g/mol. The molecule has 2 unspecified atom stereocenters. The molecule has 1 saturated carbocycles. The van der Waals surface area contributed by atoms with Crippen LogP contribution in [-0.4, -0.2) is 23.7 Å². The Hall–Kier alpha value is -2.04. The predicted molar refractivity (Wildman–Crippen MR) is 76.9 cm³/mol. The van der Waals surface area contributed by atoms with Gasteiger partial charge in [0.25, 0.3) is 0 Å². The van der Waals surface area contributed by atoms with Crippen LogP contribution in [0, 0.1) is 11.8 Å². The number of carbonyl (C=O) groups excluding carboxylic acids is 1. The summed E-state index contributed by atoms with van der Waals surface area (Å²) in [4.78, 5) is 22.6. The number of rotatable bonds is 4. The molecule has 0 spiro atoms. The Labute approximate surface area is 118 Å². The number of carbonyl (C=O) groups is 2.